The second-order valence-corrected chi connectivity index (χ2v) is 6.43. The van der Waals surface area contributed by atoms with Gasteiger partial charge in [-0.15, -0.1) is 0 Å². The molecule has 1 unspecified atom stereocenters. The van der Waals surface area contributed by atoms with E-state index in [1.54, 1.807) is 24.3 Å². The number of sulfone groups is 1. The Morgan fingerprint density at radius 3 is 2.18 bits per heavy atom. The lowest BCUT2D eigenvalue weighted by Gasteiger charge is -2.10. The van der Waals surface area contributed by atoms with Gasteiger partial charge in [-0.05, 0) is 23.6 Å². The van der Waals surface area contributed by atoms with Gasteiger partial charge >= 0.3 is 0 Å². The van der Waals surface area contributed by atoms with Crippen molar-refractivity contribution in [1.82, 2.24) is 0 Å². The molecule has 96 valence electrons. The molecule has 5 heteroatoms. The summed E-state index contributed by atoms with van der Waals surface area (Å²) in [4.78, 5) is 0.231. The fourth-order valence-electron chi connectivity index (χ4n) is 1.48. The van der Waals surface area contributed by atoms with Crippen molar-refractivity contribution in [3.8, 4) is 0 Å². The van der Waals surface area contributed by atoms with Crippen molar-refractivity contribution in [2.45, 2.75) is 30.8 Å². The Bertz CT molecular complexity index is 451. The number of aliphatic hydroxyl groups excluding tert-OH is 1. The van der Waals surface area contributed by atoms with Crippen LogP contribution in [-0.4, -0.2) is 31.9 Å². The smallest absolute Gasteiger partial charge is 0.180 e. The zero-order valence-corrected chi connectivity index (χ0v) is 10.9. The number of rotatable bonds is 5. The third kappa shape index (κ3) is 3.80. The molecule has 17 heavy (non-hydrogen) atoms. The van der Waals surface area contributed by atoms with Crippen molar-refractivity contribution < 1.29 is 13.5 Å². The summed E-state index contributed by atoms with van der Waals surface area (Å²) in [6.45, 7) is 4.03. The molecule has 0 spiro atoms. The van der Waals surface area contributed by atoms with Crippen molar-refractivity contribution in [3.63, 3.8) is 0 Å². The zero-order chi connectivity index (χ0) is 13.1. The second-order valence-electron chi connectivity index (χ2n) is 4.39. The molecule has 1 rings (SSSR count). The van der Waals surface area contributed by atoms with Gasteiger partial charge in [0.15, 0.2) is 9.84 Å². The Labute approximate surface area is 102 Å². The van der Waals surface area contributed by atoms with Crippen molar-refractivity contribution in [3.05, 3.63) is 29.8 Å². The molecule has 0 aliphatic rings. The first kappa shape index (κ1) is 14.2. The molecule has 0 aliphatic heterocycles. The first-order valence-corrected chi connectivity index (χ1v) is 7.23. The fraction of sp³-hybridized carbons (Fsp3) is 0.500. The molecular weight excluding hydrogens is 238 g/mol. The summed E-state index contributed by atoms with van der Waals surface area (Å²) in [7, 11) is -3.44. The summed E-state index contributed by atoms with van der Waals surface area (Å²) in [6, 6.07) is 6.75. The van der Waals surface area contributed by atoms with Crippen molar-refractivity contribution in [2.24, 2.45) is 5.73 Å². The number of aliphatic hydroxyl groups is 1. The number of benzene rings is 1. The molecule has 0 heterocycles. The third-order valence-corrected chi connectivity index (χ3v) is 4.40. The fourth-order valence-corrected chi connectivity index (χ4v) is 2.86. The maximum atomic E-state index is 11.9. The molecule has 0 amide bonds. The molecule has 0 aromatic heterocycles. The lowest BCUT2D eigenvalue weighted by molar-refractivity contribution is 0.205. The van der Waals surface area contributed by atoms with E-state index in [0.29, 0.717) is 5.92 Å². The number of hydrogen-bond donors (Lipinski definition) is 2. The lowest BCUT2D eigenvalue weighted by atomic mass is 10.0. The van der Waals surface area contributed by atoms with Gasteiger partial charge in [-0.2, -0.15) is 0 Å². The van der Waals surface area contributed by atoms with Gasteiger partial charge in [-0.1, -0.05) is 26.0 Å². The van der Waals surface area contributed by atoms with Gasteiger partial charge in [0.2, 0.25) is 0 Å². The zero-order valence-electron chi connectivity index (χ0n) is 10.1. The minimum atomic E-state index is -3.44. The Morgan fingerprint density at radius 1 is 1.24 bits per heavy atom. The molecule has 0 saturated heterocycles. The Kier molecular flexibility index (Phi) is 4.68. The molecule has 0 aliphatic carbocycles. The van der Waals surface area contributed by atoms with Gasteiger partial charge < -0.3 is 10.8 Å². The van der Waals surface area contributed by atoms with E-state index in [-0.39, 0.29) is 17.2 Å². The van der Waals surface area contributed by atoms with E-state index in [1.807, 2.05) is 13.8 Å². The van der Waals surface area contributed by atoms with E-state index < -0.39 is 15.9 Å². The average molecular weight is 257 g/mol. The highest BCUT2D eigenvalue weighted by atomic mass is 32.2. The summed E-state index contributed by atoms with van der Waals surface area (Å²) in [5, 5.41) is 9.29. The van der Waals surface area contributed by atoms with E-state index in [0.717, 1.165) is 5.56 Å². The van der Waals surface area contributed by atoms with Gasteiger partial charge in [0, 0.05) is 6.54 Å². The van der Waals surface area contributed by atoms with Crippen LogP contribution in [0.3, 0.4) is 0 Å². The Hall–Kier alpha value is -0.910. The summed E-state index contributed by atoms with van der Waals surface area (Å²) < 4.78 is 23.7. The Balaban J connectivity index is 2.92. The maximum Gasteiger partial charge on any atom is 0.180 e. The van der Waals surface area contributed by atoms with Gasteiger partial charge in [0.1, 0.15) is 0 Å². The van der Waals surface area contributed by atoms with E-state index in [1.165, 1.54) is 0 Å². The largest absolute Gasteiger partial charge is 0.391 e. The van der Waals surface area contributed by atoms with Crippen molar-refractivity contribution in [2.75, 3.05) is 12.3 Å². The van der Waals surface area contributed by atoms with Crippen LogP contribution in [-0.2, 0) is 9.84 Å². The van der Waals surface area contributed by atoms with E-state index in [4.69, 9.17) is 5.73 Å². The molecule has 0 saturated carbocycles. The van der Waals surface area contributed by atoms with Gasteiger partial charge in [0.05, 0.1) is 16.8 Å². The highest BCUT2D eigenvalue weighted by Gasteiger charge is 2.18. The van der Waals surface area contributed by atoms with E-state index in [9.17, 15) is 13.5 Å². The predicted octanol–water partition coefficient (Wildman–Crippen LogP) is 0.903. The molecule has 1 aromatic rings. The van der Waals surface area contributed by atoms with Crippen LogP contribution in [0.4, 0.5) is 0 Å². The molecule has 1 aromatic carbocycles. The summed E-state index contributed by atoms with van der Waals surface area (Å²) >= 11 is 0. The molecule has 4 nitrogen and oxygen atoms in total. The molecule has 0 fully saturated rings. The monoisotopic (exact) mass is 257 g/mol. The van der Waals surface area contributed by atoms with Crippen LogP contribution < -0.4 is 5.73 Å². The minimum Gasteiger partial charge on any atom is -0.391 e. The molecular formula is C12H19NO3S. The number of hydrogen-bond acceptors (Lipinski definition) is 4. The highest BCUT2D eigenvalue weighted by molar-refractivity contribution is 7.91. The van der Waals surface area contributed by atoms with Gasteiger partial charge in [-0.25, -0.2) is 8.42 Å². The van der Waals surface area contributed by atoms with Gasteiger partial charge in [-0.3, -0.25) is 0 Å². The normalized spacial score (nSPS) is 13.9. The summed E-state index contributed by atoms with van der Waals surface area (Å²) in [5.41, 5.74) is 6.29. The highest BCUT2D eigenvalue weighted by Crippen LogP contribution is 2.18. The molecule has 3 N–H and O–H groups in total. The van der Waals surface area contributed by atoms with Crippen LogP contribution in [0.25, 0.3) is 0 Å². The SMILES string of the molecule is CC(C)c1ccc(S(=O)(=O)CC(O)CN)cc1. The molecule has 0 bridgehead atoms. The maximum absolute atomic E-state index is 11.9. The van der Waals surface area contributed by atoms with Crippen molar-refractivity contribution in [1.29, 1.82) is 0 Å². The topological polar surface area (TPSA) is 80.4 Å². The molecule has 1 atom stereocenters. The second kappa shape index (κ2) is 5.62. The van der Waals surface area contributed by atoms with E-state index in [2.05, 4.69) is 0 Å². The third-order valence-electron chi connectivity index (χ3n) is 2.59. The first-order valence-electron chi connectivity index (χ1n) is 5.57. The van der Waals surface area contributed by atoms with E-state index >= 15 is 0 Å². The van der Waals surface area contributed by atoms with Crippen molar-refractivity contribution >= 4 is 9.84 Å². The van der Waals surface area contributed by atoms with Crippen LogP contribution >= 0.6 is 0 Å². The molecule has 0 radical (unpaired) electrons. The van der Waals surface area contributed by atoms with Crippen LogP contribution in [0.5, 0.6) is 0 Å². The quantitative estimate of drug-likeness (QED) is 0.821. The van der Waals surface area contributed by atoms with Crippen LogP contribution in [0.2, 0.25) is 0 Å². The van der Waals surface area contributed by atoms with Gasteiger partial charge in [0.25, 0.3) is 0 Å². The predicted molar refractivity (Wildman–Crippen MR) is 67.6 cm³/mol. The lowest BCUT2D eigenvalue weighted by Crippen LogP contribution is -2.28. The number of nitrogens with two attached hydrogens (primary N) is 1. The first-order chi connectivity index (χ1) is 7.86. The minimum absolute atomic E-state index is 0.0523. The van der Waals surface area contributed by atoms with Crippen LogP contribution in [0.1, 0.15) is 25.3 Å². The van der Waals surface area contributed by atoms with Crippen LogP contribution in [0.15, 0.2) is 29.2 Å². The summed E-state index contributed by atoms with van der Waals surface area (Å²) in [5.74, 6) is 0.0336. The van der Waals surface area contributed by atoms with Crippen LogP contribution in [0, 0.1) is 0 Å². The standard InChI is InChI=1S/C12H19NO3S/c1-9(2)10-3-5-12(6-4-10)17(15,16)8-11(14)7-13/h3-6,9,11,14H,7-8,13H2,1-2H3. The average Bonchev–Trinajstić information content (AvgIpc) is 2.28. The summed E-state index contributed by atoms with van der Waals surface area (Å²) in [6.07, 6.45) is -1.01. The Morgan fingerprint density at radius 2 is 1.76 bits per heavy atom.